The van der Waals surface area contributed by atoms with Gasteiger partial charge in [0.15, 0.2) is 0 Å². The smallest absolute Gasteiger partial charge is 0.402 e. The Labute approximate surface area is 169 Å². The van der Waals surface area contributed by atoms with Crippen LogP contribution >= 0.6 is 0 Å². The zero-order chi connectivity index (χ0) is 21.7. The Kier molecular flexibility index (Phi) is 7.66. The van der Waals surface area contributed by atoms with Crippen molar-refractivity contribution >= 4 is 0 Å². The van der Waals surface area contributed by atoms with Crippen LogP contribution in [0.3, 0.4) is 0 Å². The molecule has 0 unspecified atom stereocenters. The molecule has 160 valence electrons. The predicted molar refractivity (Wildman–Crippen MR) is 107 cm³/mol. The molecule has 1 aromatic carbocycles. The van der Waals surface area contributed by atoms with Crippen molar-refractivity contribution in [2.75, 3.05) is 33.4 Å². The first-order valence-corrected chi connectivity index (χ1v) is 9.45. The third kappa shape index (κ3) is 6.72. The highest BCUT2D eigenvalue weighted by Gasteiger charge is 2.36. The van der Waals surface area contributed by atoms with Gasteiger partial charge in [0.05, 0.1) is 18.8 Å². The van der Waals surface area contributed by atoms with Crippen LogP contribution in [0.4, 0.5) is 17.6 Å². The number of hydrogen-bond acceptors (Lipinski definition) is 3. The summed E-state index contributed by atoms with van der Waals surface area (Å²) < 4.78 is 58.5. The van der Waals surface area contributed by atoms with Crippen LogP contribution in [0.25, 0.3) is 0 Å². The molecule has 1 saturated heterocycles. The average Bonchev–Trinajstić information content (AvgIpc) is 2.62. The summed E-state index contributed by atoms with van der Waals surface area (Å²) in [6.45, 7) is 7.10. The lowest BCUT2D eigenvalue weighted by Gasteiger charge is -2.41. The first kappa shape index (κ1) is 23.2. The van der Waals surface area contributed by atoms with E-state index in [1.165, 1.54) is 19.1 Å². The Morgan fingerprint density at radius 2 is 1.79 bits per heavy atom. The monoisotopic (exact) mass is 412 g/mol. The highest BCUT2D eigenvalue weighted by molar-refractivity contribution is 5.34. The maximum absolute atomic E-state index is 13.3. The Morgan fingerprint density at radius 3 is 2.31 bits per heavy atom. The number of piperidine rings is 1. The topological polar surface area (TPSA) is 38.5 Å². The van der Waals surface area contributed by atoms with E-state index in [0.29, 0.717) is 6.61 Å². The first-order chi connectivity index (χ1) is 13.5. The molecule has 1 heterocycles. The second kappa shape index (κ2) is 9.59. The van der Waals surface area contributed by atoms with Gasteiger partial charge in [-0.25, -0.2) is 4.39 Å². The molecule has 2 N–H and O–H groups in total. The van der Waals surface area contributed by atoms with Gasteiger partial charge in [-0.15, -0.1) is 0 Å². The summed E-state index contributed by atoms with van der Waals surface area (Å²) in [4.78, 5) is 2.21. The number of nitrogens with two attached hydrogens (primary N) is 1. The number of nitrogens with zero attached hydrogens (tertiary/aromatic N) is 1. The molecular formula is C22H28F4N2O. The van der Waals surface area contributed by atoms with Gasteiger partial charge in [-0.05, 0) is 75.3 Å². The zero-order valence-corrected chi connectivity index (χ0v) is 16.9. The zero-order valence-electron chi connectivity index (χ0n) is 16.9. The highest BCUT2D eigenvalue weighted by Crippen LogP contribution is 2.36. The number of allylic oxidation sites excluding steroid dienone is 3. The normalized spacial score (nSPS) is 18.7. The lowest BCUT2D eigenvalue weighted by molar-refractivity contribution is -0.0883. The summed E-state index contributed by atoms with van der Waals surface area (Å²) in [6.07, 6.45) is -1.05. The molecule has 1 aromatic rings. The molecule has 0 bridgehead atoms. The molecule has 0 saturated carbocycles. The lowest BCUT2D eigenvalue weighted by atomic mass is 9.73. The van der Waals surface area contributed by atoms with E-state index in [1.807, 2.05) is 7.05 Å². The molecule has 1 aliphatic rings. The van der Waals surface area contributed by atoms with Gasteiger partial charge in [-0.2, -0.15) is 13.2 Å². The maximum atomic E-state index is 13.3. The van der Waals surface area contributed by atoms with Crippen molar-refractivity contribution < 1.29 is 22.3 Å². The summed E-state index contributed by atoms with van der Waals surface area (Å²) in [7, 11) is 2.04. The van der Waals surface area contributed by atoms with E-state index >= 15 is 0 Å². The van der Waals surface area contributed by atoms with Crippen molar-refractivity contribution in [1.82, 2.24) is 4.90 Å². The van der Waals surface area contributed by atoms with Crippen LogP contribution in [0.15, 0.2) is 59.8 Å². The molecule has 0 aromatic heterocycles. The fourth-order valence-electron chi connectivity index (χ4n) is 3.46. The standard InChI is InChI=1S/C22H28F4N2O/c1-16(12-19(13-17(2)27)22(24,25)26)14-29-15-21(8-10-28(3)11-9-21)18-4-6-20(23)7-5-18/h4-7,12-13H,1,8-11,14-15,27H2,2-3H3/b17-13-,19-12+. The maximum Gasteiger partial charge on any atom is 0.416 e. The molecule has 0 radical (unpaired) electrons. The van der Waals surface area contributed by atoms with Gasteiger partial charge in [0.1, 0.15) is 5.82 Å². The number of benzene rings is 1. The molecule has 7 heteroatoms. The van der Waals surface area contributed by atoms with Gasteiger partial charge in [0.25, 0.3) is 0 Å². The third-order valence-corrected chi connectivity index (χ3v) is 5.14. The van der Waals surface area contributed by atoms with Gasteiger partial charge < -0.3 is 15.4 Å². The molecule has 29 heavy (non-hydrogen) atoms. The van der Waals surface area contributed by atoms with Crippen LogP contribution < -0.4 is 5.73 Å². The highest BCUT2D eigenvalue weighted by atomic mass is 19.4. The van der Waals surface area contributed by atoms with E-state index in [0.717, 1.165) is 43.6 Å². The number of alkyl halides is 3. The van der Waals surface area contributed by atoms with Crippen molar-refractivity contribution in [2.45, 2.75) is 31.4 Å². The van der Waals surface area contributed by atoms with Crippen molar-refractivity contribution in [2.24, 2.45) is 5.73 Å². The van der Waals surface area contributed by atoms with Crippen molar-refractivity contribution in [1.29, 1.82) is 0 Å². The summed E-state index contributed by atoms with van der Waals surface area (Å²) in [5.41, 5.74) is 5.47. The minimum atomic E-state index is -4.52. The van der Waals surface area contributed by atoms with Gasteiger partial charge in [0.2, 0.25) is 0 Å². The van der Waals surface area contributed by atoms with E-state index in [2.05, 4.69) is 11.5 Å². The van der Waals surface area contributed by atoms with Gasteiger partial charge >= 0.3 is 6.18 Å². The fraction of sp³-hybridized carbons (Fsp3) is 0.455. The molecule has 0 aliphatic carbocycles. The second-order valence-electron chi connectivity index (χ2n) is 7.73. The average molecular weight is 412 g/mol. The molecule has 0 spiro atoms. The third-order valence-electron chi connectivity index (χ3n) is 5.14. The number of ether oxygens (including phenoxy) is 1. The van der Waals surface area contributed by atoms with Gasteiger partial charge in [-0.1, -0.05) is 18.7 Å². The lowest BCUT2D eigenvalue weighted by Crippen LogP contribution is -2.44. The van der Waals surface area contributed by atoms with Crippen molar-refractivity contribution in [3.63, 3.8) is 0 Å². The SMILES string of the molecule is C=C(/C=C(\C=C(\C)N)C(F)(F)F)COCC1(c2ccc(F)cc2)CCN(C)CC1. The van der Waals surface area contributed by atoms with E-state index in [9.17, 15) is 17.6 Å². The molecule has 2 rings (SSSR count). The number of rotatable bonds is 7. The number of likely N-dealkylation sites (tertiary alicyclic amines) is 1. The predicted octanol–water partition coefficient (Wildman–Crippen LogP) is 4.71. The van der Waals surface area contributed by atoms with Gasteiger partial charge in [-0.3, -0.25) is 0 Å². The fourth-order valence-corrected chi connectivity index (χ4v) is 3.46. The van der Waals surface area contributed by atoms with E-state index < -0.39 is 11.7 Å². The Balaban J connectivity index is 2.10. The molecule has 0 atom stereocenters. The number of halogens is 4. The van der Waals surface area contributed by atoms with Crippen LogP contribution in [0, 0.1) is 5.82 Å². The minimum absolute atomic E-state index is 0.0319. The molecule has 0 amide bonds. The molecule has 1 aliphatic heterocycles. The molecule has 1 fully saturated rings. The van der Waals surface area contributed by atoms with Crippen LogP contribution in [0.2, 0.25) is 0 Å². The first-order valence-electron chi connectivity index (χ1n) is 9.45. The van der Waals surface area contributed by atoms with Gasteiger partial charge in [0, 0.05) is 11.1 Å². The summed E-state index contributed by atoms with van der Waals surface area (Å²) in [5, 5.41) is 0. The second-order valence-corrected chi connectivity index (χ2v) is 7.73. The van der Waals surface area contributed by atoms with Crippen LogP contribution in [-0.4, -0.2) is 44.4 Å². The number of hydrogen-bond donors (Lipinski definition) is 1. The van der Waals surface area contributed by atoms with Crippen molar-refractivity contribution in [3.05, 3.63) is 71.2 Å². The van der Waals surface area contributed by atoms with Crippen LogP contribution in [0.1, 0.15) is 25.3 Å². The van der Waals surface area contributed by atoms with Crippen LogP contribution in [0.5, 0.6) is 0 Å². The summed E-state index contributed by atoms with van der Waals surface area (Å²) in [6, 6.07) is 6.37. The Hall–Kier alpha value is -2.12. The van der Waals surface area contributed by atoms with Crippen LogP contribution in [-0.2, 0) is 10.2 Å². The summed E-state index contributed by atoms with van der Waals surface area (Å²) in [5.74, 6) is -0.306. The Bertz CT molecular complexity index is 754. The molecule has 3 nitrogen and oxygen atoms in total. The summed E-state index contributed by atoms with van der Waals surface area (Å²) >= 11 is 0. The minimum Gasteiger partial charge on any atom is -0.402 e. The van der Waals surface area contributed by atoms with E-state index in [-0.39, 0.29) is 29.1 Å². The van der Waals surface area contributed by atoms with E-state index in [1.54, 1.807) is 12.1 Å². The Morgan fingerprint density at radius 1 is 1.21 bits per heavy atom. The van der Waals surface area contributed by atoms with E-state index in [4.69, 9.17) is 10.5 Å². The largest absolute Gasteiger partial charge is 0.416 e. The molecular weight excluding hydrogens is 384 g/mol. The van der Waals surface area contributed by atoms with Crippen molar-refractivity contribution in [3.8, 4) is 0 Å². The quantitative estimate of drug-likeness (QED) is 0.521.